The van der Waals surface area contributed by atoms with Gasteiger partial charge in [-0.25, -0.2) is 8.42 Å². The Morgan fingerprint density at radius 2 is 1.43 bits per heavy atom. The van der Waals surface area contributed by atoms with Crippen LogP contribution in [0.3, 0.4) is 0 Å². The lowest BCUT2D eigenvalue weighted by atomic mass is 10.1. The van der Waals surface area contributed by atoms with Crippen LogP contribution in [0.5, 0.6) is 0 Å². The monoisotopic (exact) mass is 581 g/mol. The van der Waals surface area contributed by atoms with E-state index in [1.807, 2.05) is 70.3 Å². The number of aryl methyl sites for hydroxylation is 2. The van der Waals surface area contributed by atoms with Crippen LogP contribution in [0.15, 0.2) is 82.6 Å². The summed E-state index contributed by atoms with van der Waals surface area (Å²) in [6.07, 6.45) is 2.67. The number of benzene rings is 3. The predicted octanol–water partition coefficient (Wildman–Crippen LogP) is 5.55. The van der Waals surface area contributed by atoms with E-state index in [-0.39, 0.29) is 23.4 Å². The van der Waals surface area contributed by atoms with Crippen molar-refractivity contribution in [1.82, 2.24) is 10.2 Å². The van der Waals surface area contributed by atoms with Gasteiger partial charge in [-0.15, -0.1) is 11.8 Å². The molecule has 0 radical (unpaired) electrons. The van der Waals surface area contributed by atoms with Gasteiger partial charge in [-0.05, 0) is 82.3 Å². The Hall–Kier alpha value is -3.30. The van der Waals surface area contributed by atoms with E-state index < -0.39 is 28.5 Å². The number of hydrogen-bond acceptors (Lipinski definition) is 5. The summed E-state index contributed by atoms with van der Waals surface area (Å²) in [4.78, 5) is 29.6. The zero-order valence-electron chi connectivity index (χ0n) is 24.0. The molecule has 0 bridgehead atoms. The highest BCUT2D eigenvalue weighted by molar-refractivity contribution is 7.98. The second-order valence-corrected chi connectivity index (χ2v) is 12.8. The molecule has 3 aromatic rings. The SMILES string of the molecule is CC[C@H](C)NC(=O)[C@@H](C)N(Cc1ccc(C)cc1)C(=O)CN(c1ccc(C)cc1)S(=O)(=O)c1ccc(SC)cc1. The van der Waals surface area contributed by atoms with Gasteiger partial charge in [-0.2, -0.15) is 0 Å². The third-order valence-electron chi connectivity index (χ3n) is 6.89. The minimum absolute atomic E-state index is 0.0556. The summed E-state index contributed by atoms with van der Waals surface area (Å²) in [5.74, 6) is -0.760. The van der Waals surface area contributed by atoms with Crippen LogP contribution in [-0.2, 0) is 26.2 Å². The van der Waals surface area contributed by atoms with Gasteiger partial charge in [0.15, 0.2) is 0 Å². The first kappa shape index (κ1) is 31.2. The van der Waals surface area contributed by atoms with Crippen LogP contribution in [-0.4, -0.2) is 50.0 Å². The topological polar surface area (TPSA) is 86.8 Å². The van der Waals surface area contributed by atoms with Crippen LogP contribution in [0.2, 0.25) is 0 Å². The molecule has 0 heterocycles. The summed E-state index contributed by atoms with van der Waals surface area (Å²) in [6, 6.07) is 20.5. The molecule has 0 aliphatic carbocycles. The molecule has 0 spiro atoms. The predicted molar refractivity (Wildman–Crippen MR) is 163 cm³/mol. The Morgan fingerprint density at radius 3 is 1.95 bits per heavy atom. The summed E-state index contributed by atoms with van der Waals surface area (Å²) in [5.41, 5.74) is 3.26. The van der Waals surface area contributed by atoms with Crippen molar-refractivity contribution in [3.05, 3.63) is 89.5 Å². The molecule has 0 aliphatic heterocycles. The van der Waals surface area contributed by atoms with E-state index in [0.29, 0.717) is 5.69 Å². The Kier molecular flexibility index (Phi) is 10.8. The van der Waals surface area contributed by atoms with Gasteiger partial charge >= 0.3 is 0 Å². The second-order valence-electron chi connectivity index (χ2n) is 10.0. The van der Waals surface area contributed by atoms with Crippen molar-refractivity contribution in [1.29, 1.82) is 0 Å². The molecule has 7 nitrogen and oxygen atoms in total. The van der Waals surface area contributed by atoms with Crippen LogP contribution in [0.25, 0.3) is 0 Å². The van der Waals surface area contributed by atoms with Crippen LogP contribution in [0, 0.1) is 13.8 Å². The molecular weight excluding hydrogens is 542 g/mol. The molecule has 0 aliphatic rings. The number of thioether (sulfide) groups is 1. The fourth-order valence-corrected chi connectivity index (χ4v) is 5.88. The fraction of sp³-hybridized carbons (Fsp3) is 0.355. The summed E-state index contributed by atoms with van der Waals surface area (Å²) < 4.78 is 29.0. The van der Waals surface area contributed by atoms with E-state index in [1.165, 1.54) is 16.7 Å². The molecule has 9 heteroatoms. The van der Waals surface area contributed by atoms with Crippen molar-refractivity contribution in [3.63, 3.8) is 0 Å². The number of anilines is 1. The second kappa shape index (κ2) is 13.9. The van der Waals surface area contributed by atoms with Gasteiger partial charge in [0.2, 0.25) is 11.8 Å². The van der Waals surface area contributed by atoms with Crippen LogP contribution in [0.1, 0.15) is 43.9 Å². The minimum Gasteiger partial charge on any atom is -0.352 e. The van der Waals surface area contributed by atoms with Crippen LogP contribution < -0.4 is 9.62 Å². The molecular formula is C31H39N3O4S2. The van der Waals surface area contributed by atoms with Crippen LogP contribution in [0.4, 0.5) is 5.69 Å². The third-order valence-corrected chi connectivity index (χ3v) is 9.42. The molecule has 214 valence electrons. The van der Waals surface area contributed by atoms with E-state index in [0.717, 1.165) is 32.3 Å². The Morgan fingerprint density at radius 1 is 0.875 bits per heavy atom. The smallest absolute Gasteiger partial charge is 0.264 e. The zero-order chi connectivity index (χ0) is 29.4. The average molecular weight is 582 g/mol. The highest BCUT2D eigenvalue weighted by Crippen LogP contribution is 2.26. The molecule has 3 aromatic carbocycles. The lowest BCUT2D eigenvalue weighted by Gasteiger charge is -2.32. The largest absolute Gasteiger partial charge is 0.352 e. The van der Waals surface area contributed by atoms with Crippen molar-refractivity contribution >= 4 is 39.3 Å². The Labute approximate surface area is 243 Å². The van der Waals surface area contributed by atoms with E-state index in [4.69, 9.17) is 0 Å². The number of nitrogens with one attached hydrogen (secondary N) is 1. The molecule has 0 fully saturated rings. The molecule has 0 saturated carbocycles. The van der Waals surface area contributed by atoms with Gasteiger partial charge in [-0.3, -0.25) is 13.9 Å². The lowest BCUT2D eigenvalue weighted by Crippen LogP contribution is -2.52. The fourth-order valence-electron chi connectivity index (χ4n) is 4.05. The van der Waals surface area contributed by atoms with Crippen molar-refractivity contribution in [2.24, 2.45) is 0 Å². The third kappa shape index (κ3) is 7.88. The van der Waals surface area contributed by atoms with Gasteiger partial charge in [-0.1, -0.05) is 54.4 Å². The number of carbonyl (C=O) groups is 2. The zero-order valence-corrected chi connectivity index (χ0v) is 25.7. The quantitative estimate of drug-likeness (QED) is 0.283. The highest BCUT2D eigenvalue weighted by Gasteiger charge is 2.32. The number of hydrogen-bond donors (Lipinski definition) is 1. The van der Waals surface area contributed by atoms with E-state index in [1.54, 1.807) is 43.3 Å². The standard InChI is InChI=1S/C31H39N3O4S2/c1-7-24(4)32-31(36)25(5)33(20-26-12-8-22(2)9-13-26)30(35)21-34(27-14-10-23(3)11-15-27)40(37,38)29-18-16-28(39-6)17-19-29/h8-19,24-25H,7,20-21H2,1-6H3,(H,32,36)/t24-,25+/m0/s1. The average Bonchev–Trinajstić information content (AvgIpc) is 2.95. The minimum atomic E-state index is -4.09. The van der Waals surface area contributed by atoms with Gasteiger partial charge in [0, 0.05) is 17.5 Å². The normalized spacial score (nSPS) is 12.8. The van der Waals surface area contributed by atoms with Gasteiger partial charge < -0.3 is 10.2 Å². The first-order valence-corrected chi connectivity index (χ1v) is 16.0. The molecule has 2 atom stereocenters. The maximum Gasteiger partial charge on any atom is 0.264 e. The maximum atomic E-state index is 14.0. The molecule has 0 unspecified atom stereocenters. The van der Waals surface area contributed by atoms with Gasteiger partial charge in [0.1, 0.15) is 12.6 Å². The summed E-state index contributed by atoms with van der Waals surface area (Å²) in [6.45, 7) is 9.16. The van der Waals surface area contributed by atoms with E-state index in [9.17, 15) is 18.0 Å². The number of carbonyl (C=O) groups excluding carboxylic acids is 2. The molecule has 1 N–H and O–H groups in total. The van der Waals surface area contributed by atoms with Crippen LogP contribution >= 0.6 is 11.8 Å². The maximum absolute atomic E-state index is 14.0. The number of amides is 2. The molecule has 0 saturated heterocycles. The molecule has 2 amide bonds. The first-order valence-electron chi connectivity index (χ1n) is 13.3. The van der Waals surface area contributed by atoms with E-state index in [2.05, 4.69) is 5.32 Å². The van der Waals surface area contributed by atoms with Gasteiger partial charge in [0.25, 0.3) is 10.0 Å². The summed E-state index contributed by atoms with van der Waals surface area (Å²) in [7, 11) is -4.09. The first-order chi connectivity index (χ1) is 19.0. The van der Waals surface area contributed by atoms with Crippen molar-refractivity contribution < 1.29 is 18.0 Å². The summed E-state index contributed by atoms with van der Waals surface area (Å²) >= 11 is 1.52. The number of sulfonamides is 1. The van der Waals surface area contributed by atoms with E-state index >= 15 is 0 Å². The highest BCUT2D eigenvalue weighted by atomic mass is 32.2. The van der Waals surface area contributed by atoms with Crippen molar-refractivity contribution in [3.8, 4) is 0 Å². The van der Waals surface area contributed by atoms with Crippen molar-refractivity contribution in [2.45, 2.75) is 69.5 Å². The molecule has 3 rings (SSSR count). The summed E-state index contributed by atoms with van der Waals surface area (Å²) in [5, 5.41) is 2.95. The Bertz CT molecular complexity index is 1390. The number of rotatable bonds is 12. The Balaban J connectivity index is 2.01. The molecule has 40 heavy (non-hydrogen) atoms. The molecule has 0 aromatic heterocycles. The number of nitrogens with zero attached hydrogens (tertiary/aromatic N) is 2. The van der Waals surface area contributed by atoms with Gasteiger partial charge in [0.05, 0.1) is 10.6 Å². The lowest BCUT2D eigenvalue weighted by molar-refractivity contribution is -0.139. The van der Waals surface area contributed by atoms with Crippen molar-refractivity contribution in [2.75, 3.05) is 17.1 Å².